The fourth-order valence-corrected chi connectivity index (χ4v) is 2.31. The van der Waals surface area contributed by atoms with Gasteiger partial charge in [-0.05, 0) is 37.6 Å². The van der Waals surface area contributed by atoms with Gasteiger partial charge in [0.25, 0.3) is 0 Å². The molecule has 0 aliphatic heterocycles. The molecule has 102 valence electrons. The number of halogens is 2. The van der Waals surface area contributed by atoms with E-state index in [0.29, 0.717) is 10.6 Å². The molecule has 2 aromatic rings. The molecule has 2 rings (SSSR count). The second-order valence-corrected chi connectivity index (χ2v) is 5.00. The monoisotopic (exact) mass is 281 g/mol. The van der Waals surface area contributed by atoms with Crippen LogP contribution in [0.3, 0.4) is 0 Å². The van der Waals surface area contributed by atoms with Crippen molar-refractivity contribution in [3.05, 3.63) is 52.6 Å². The summed E-state index contributed by atoms with van der Waals surface area (Å²) in [6.45, 7) is 0. The van der Waals surface area contributed by atoms with Gasteiger partial charge in [-0.25, -0.2) is 4.39 Å². The highest BCUT2D eigenvalue weighted by Crippen LogP contribution is 2.24. The molecule has 1 aromatic heterocycles. The van der Waals surface area contributed by atoms with Gasteiger partial charge >= 0.3 is 0 Å². The Morgan fingerprint density at radius 3 is 2.84 bits per heavy atom. The molecule has 1 atom stereocenters. The van der Waals surface area contributed by atoms with Gasteiger partial charge in [0.05, 0.1) is 6.20 Å². The van der Waals surface area contributed by atoms with Crippen LogP contribution >= 0.6 is 11.6 Å². The molecular weight excluding hydrogens is 265 g/mol. The molecule has 0 fully saturated rings. The summed E-state index contributed by atoms with van der Waals surface area (Å²) < 4.78 is 15.6. The lowest BCUT2D eigenvalue weighted by Gasteiger charge is -2.17. The quantitative estimate of drug-likeness (QED) is 0.913. The molecule has 0 radical (unpaired) electrons. The Morgan fingerprint density at radius 2 is 2.26 bits per heavy atom. The molecule has 5 heteroatoms. The third-order valence-electron chi connectivity index (χ3n) is 3.17. The fraction of sp³-hybridized carbons (Fsp3) is 0.357. The zero-order valence-corrected chi connectivity index (χ0v) is 11.8. The number of aryl methyl sites for hydroxylation is 2. The number of hydrogen-bond donors (Lipinski definition) is 1. The van der Waals surface area contributed by atoms with Crippen molar-refractivity contribution in [2.75, 3.05) is 7.05 Å². The second-order valence-electron chi connectivity index (χ2n) is 4.57. The van der Waals surface area contributed by atoms with E-state index >= 15 is 0 Å². The van der Waals surface area contributed by atoms with Crippen LogP contribution in [0.4, 0.5) is 4.39 Å². The third kappa shape index (κ3) is 3.55. The van der Waals surface area contributed by atoms with Crippen LogP contribution in [0.5, 0.6) is 0 Å². The van der Waals surface area contributed by atoms with E-state index in [1.807, 2.05) is 26.5 Å². The van der Waals surface area contributed by atoms with E-state index in [2.05, 4.69) is 10.4 Å². The minimum atomic E-state index is -0.266. The number of nitrogens with one attached hydrogen (secondary N) is 1. The van der Waals surface area contributed by atoms with Gasteiger partial charge in [0.15, 0.2) is 0 Å². The molecule has 1 N–H and O–H groups in total. The zero-order valence-electron chi connectivity index (χ0n) is 11.0. The summed E-state index contributed by atoms with van der Waals surface area (Å²) in [6, 6.07) is 4.78. The van der Waals surface area contributed by atoms with Gasteiger partial charge in [-0.1, -0.05) is 17.7 Å². The summed E-state index contributed by atoms with van der Waals surface area (Å²) in [4.78, 5) is 0. The van der Waals surface area contributed by atoms with Crippen molar-refractivity contribution in [2.24, 2.45) is 7.05 Å². The van der Waals surface area contributed by atoms with E-state index in [1.54, 1.807) is 16.8 Å². The van der Waals surface area contributed by atoms with Crippen LogP contribution in [0.15, 0.2) is 30.6 Å². The summed E-state index contributed by atoms with van der Waals surface area (Å²) in [7, 11) is 3.72. The van der Waals surface area contributed by atoms with Crippen molar-refractivity contribution in [1.82, 2.24) is 15.1 Å². The van der Waals surface area contributed by atoms with E-state index in [9.17, 15) is 4.39 Å². The first-order valence-corrected chi connectivity index (χ1v) is 6.57. The van der Waals surface area contributed by atoms with Crippen molar-refractivity contribution in [3.63, 3.8) is 0 Å². The molecule has 0 spiro atoms. The molecule has 1 aromatic carbocycles. The van der Waals surface area contributed by atoms with Crippen LogP contribution in [0, 0.1) is 5.82 Å². The van der Waals surface area contributed by atoms with Crippen molar-refractivity contribution in [3.8, 4) is 0 Å². The van der Waals surface area contributed by atoms with Crippen molar-refractivity contribution in [1.29, 1.82) is 0 Å². The topological polar surface area (TPSA) is 29.9 Å². The molecular formula is C14H17ClFN3. The lowest BCUT2D eigenvalue weighted by atomic mass is 10.00. The van der Waals surface area contributed by atoms with Gasteiger partial charge in [0, 0.05) is 29.9 Å². The van der Waals surface area contributed by atoms with Crippen molar-refractivity contribution in [2.45, 2.75) is 18.9 Å². The minimum Gasteiger partial charge on any atom is -0.313 e. The van der Waals surface area contributed by atoms with Crippen LogP contribution in [-0.4, -0.2) is 16.8 Å². The maximum atomic E-state index is 13.9. The lowest BCUT2D eigenvalue weighted by Crippen LogP contribution is -2.18. The van der Waals surface area contributed by atoms with E-state index in [1.165, 1.54) is 6.07 Å². The molecule has 0 bridgehead atoms. The Morgan fingerprint density at radius 1 is 1.47 bits per heavy atom. The summed E-state index contributed by atoms with van der Waals surface area (Å²) in [5.74, 6) is -0.266. The summed E-state index contributed by atoms with van der Waals surface area (Å²) in [6.07, 6.45) is 5.47. The minimum absolute atomic E-state index is 0.0301. The van der Waals surface area contributed by atoms with Gasteiger partial charge < -0.3 is 5.32 Å². The average Bonchev–Trinajstić information content (AvgIpc) is 2.78. The molecule has 1 unspecified atom stereocenters. The van der Waals surface area contributed by atoms with Crippen LogP contribution in [-0.2, 0) is 13.5 Å². The Balaban J connectivity index is 2.07. The zero-order chi connectivity index (χ0) is 13.8. The predicted molar refractivity (Wildman–Crippen MR) is 74.7 cm³/mol. The molecule has 0 saturated heterocycles. The Labute approximate surface area is 117 Å². The number of nitrogens with zero attached hydrogens (tertiary/aromatic N) is 2. The normalized spacial score (nSPS) is 12.6. The smallest absolute Gasteiger partial charge is 0.129 e. The molecule has 0 saturated carbocycles. The van der Waals surface area contributed by atoms with Crippen molar-refractivity contribution >= 4 is 11.6 Å². The Kier molecular flexibility index (Phi) is 4.56. The number of benzene rings is 1. The predicted octanol–water partition coefficient (Wildman–Crippen LogP) is 3.11. The highest BCUT2D eigenvalue weighted by atomic mass is 35.5. The van der Waals surface area contributed by atoms with Crippen molar-refractivity contribution < 1.29 is 4.39 Å². The summed E-state index contributed by atoms with van der Waals surface area (Å²) >= 11 is 5.77. The summed E-state index contributed by atoms with van der Waals surface area (Å²) in [5, 5.41) is 7.69. The van der Waals surface area contributed by atoms with Gasteiger partial charge in [0.2, 0.25) is 0 Å². The highest BCUT2D eigenvalue weighted by molar-refractivity contribution is 6.30. The maximum absolute atomic E-state index is 13.9. The van der Waals surface area contributed by atoms with Gasteiger partial charge in [-0.15, -0.1) is 0 Å². The standard InChI is InChI=1S/C14H17ClFN3/c1-17-14(6-3-10-8-18-19(2)9-10)12-5-4-11(15)7-13(12)16/h4-5,7-9,14,17H,3,6H2,1-2H3. The summed E-state index contributed by atoms with van der Waals surface area (Å²) in [5.41, 5.74) is 1.80. The van der Waals surface area contributed by atoms with Crippen LogP contribution in [0.25, 0.3) is 0 Å². The molecule has 3 nitrogen and oxygen atoms in total. The van der Waals surface area contributed by atoms with E-state index in [4.69, 9.17) is 11.6 Å². The van der Waals surface area contributed by atoms with Crippen LogP contribution in [0.1, 0.15) is 23.6 Å². The van der Waals surface area contributed by atoms with E-state index < -0.39 is 0 Å². The van der Waals surface area contributed by atoms with Crippen LogP contribution < -0.4 is 5.32 Å². The largest absolute Gasteiger partial charge is 0.313 e. The SMILES string of the molecule is CNC(CCc1cnn(C)c1)c1ccc(Cl)cc1F. The van der Waals surface area contributed by atoms with E-state index in [-0.39, 0.29) is 11.9 Å². The number of rotatable bonds is 5. The Hall–Kier alpha value is -1.39. The first-order chi connectivity index (χ1) is 9.10. The third-order valence-corrected chi connectivity index (χ3v) is 3.40. The molecule has 0 aliphatic carbocycles. The fourth-order valence-electron chi connectivity index (χ4n) is 2.15. The highest BCUT2D eigenvalue weighted by Gasteiger charge is 2.14. The van der Waals surface area contributed by atoms with Gasteiger partial charge in [0.1, 0.15) is 5.82 Å². The first kappa shape index (κ1) is 14.0. The Bertz CT molecular complexity index is 553. The van der Waals surface area contributed by atoms with Crippen LogP contribution in [0.2, 0.25) is 5.02 Å². The second kappa shape index (κ2) is 6.17. The average molecular weight is 282 g/mol. The number of aromatic nitrogens is 2. The molecule has 0 aliphatic rings. The molecule has 19 heavy (non-hydrogen) atoms. The molecule has 1 heterocycles. The lowest BCUT2D eigenvalue weighted by molar-refractivity contribution is 0.509. The van der Waals surface area contributed by atoms with E-state index in [0.717, 1.165) is 18.4 Å². The van der Waals surface area contributed by atoms with Gasteiger partial charge in [-0.2, -0.15) is 5.10 Å². The number of hydrogen-bond acceptors (Lipinski definition) is 2. The maximum Gasteiger partial charge on any atom is 0.129 e. The molecule has 0 amide bonds. The first-order valence-electron chi connectivity index (χ1n) is 6.20. The van der Waals surface area contributed by atoms with Gasteiger partial charge in [-0.3, -0.25) is 4.68 Å².